The molecule has 1 unspecified atom stereocenters. The third kappa shape index (κ3) is 6.96. The van der Waals surface area contributed by atoms with Crippen LogP contribution in [-0.4, -0.2) is 76.6 Å². The number of thioether (sulfide) groups is 1. The molecule has 0 aromatic carbocycles. The molecule has 0 radical (unpaired) electrons. The molecule has 3 atom stereocenters. The lowest BCUT2D eigenvalue weighted by Gasteiger charge is -2.16. The van der Waals surface area contributed by atoms with Crippen LogP contribution in [0, 0.1) is 0 Å². The molecule has 0 spiro atoms. The molecule has 3 aliphatic rings. The van der Waals surface area contributed by atoms with Crippen molar-refractivity contribution < 1.29 is 24.0 Å². The number of rotatable bonds is 13. The van der Waals surface area contributed by atoms with Crippen molar-refractivity contribution in [1.29, 1.82) is 0 Å². The van der Waals surface area contributed by atoms with Gasteiger partial charge in [0.15, 0.2) is 0 Å². The Bertz CT molecular complexity index is 637. The largest absolute Gasteiger partial charge is 0.334 e. The van der Waals surface area contributed by atoms with Crippen molar-refractivity contribution in [1.82, 2.24) is 21.0 Å². The highest BCUT2D eigenvalue weighted by Gasteiger charge is 2.42. The number of carbonyl (C=O) groups is 4. The number of fused-ring (bicyclic) bond motifs is 1. The van der Waals surface area contributed by atoms with Crippen LogP contribution in [0.3, 0.4) is 0 Å². The Morgan fingerprint density at radius 2 is 1.87 bits per heavy atom. The van der Waals surface area contributed by atoms with E-state index in [1.807, 2.05) is 11.8 Å². The fraction of sp³-hybridized carbons (Fsp3) is 0.778. The summed E-state index contributed by atoms with van der Waals surface area (Å²) >= 11 is 1.95. The second-order valence-corrected chi connectivity index (χ2v) is 11.3. The van der Waals surface area contributed by atoms with Crippen LogP contribution in [-0.2, 0) is 19.2 Å². The van der Waals surface area contributed by atoms with Crippen LogP contribution in [0.2, 0.25) is 0 Å². The zero-order valence-corrected chi connectivity index (χ0v) is 19.2. The normalized spacial score (nSPS) is 25.4. The third-order valence-corrected chi connectivity index (χ3v) is 8.98. The maximum atomic E-state index is 11.7. The zero-order chi connectivity index (χ0) is 21.3. The van der Waals surface area contributed by atoms with Gasteiger partial charge in [-0.25, -0.2) is 9.59 Å². The molecule has 0 aromatic rings. The molecule has 0 bridgehead atoms. The van der Waals surface area contributed by atoms with Gasteiger partial charge in [-0.1, -0.05) is 28.0 Å². The molecule has 0 aliphatic carbocycles. The summed E-state index contributed by atoms with van der Waals surface area (Å²) in [4.78, 5) is 50.6. The number of carbonyl (C=O) groups excluding carboxylic acids is 4. The van der Waals surface area contributed by atoms with Crippen molar-refractivity contribution in [2.45, 2.75) is 55.9 Å². The molecule has 3 saturated heterocycles. The van der Waals surface area contributed by atoms with Crippen LogP contribution in [0.15, 0.2) is 0 Å². The summed E-state index contributed by atoms with van der Waals surface area (Å²) in [5, 5.41) is 10.5. The van der Waals surface area contributed by atoms with Crippen molar-refractivity contribution in [3.8, 4) is 0 Å². The third-order valence-electron chi connectivity index (χ3n) is 5.06. The zero-order valence-electron chi connectivity index (χ0n) is 16.7. The van der Waals surface area contributed by atoms with Crippen LogP contribution in [0.25, 0.3) is 0 Å². The van der Waals surface area contributed by atoms with Gasteiger partial charge in [0.25, 0.3) is 11.8 Å². The average Bonchev–Trinajstić information content (AvgIpc) is 3.36. The summed E-state index contributed by atoms with van der Waals surface area (Å²) in [6.07, 6.45) is 3.78. The van der Waals surface area contributed by atoms with Gasteiger partial charge >= 0.3 is 12.0 Å². The Labute approximate surface area is 188 Å². The summed E-state index contributed by atoms with van der Waals surface area (Å²) in [7, 11) is 3.26. The van der Waals surface area contributed by atoms with Crippen LogP contribution in [0.4, 0.5) is 4.79 Å². The predicted octanol–water partition coefficient (Wildman–Crippen LogP) is 1.29. The summed E-state index contributed by atoms with van der Waals surface area (Å²) in [6.45, 7) is 1.88. The topological polar surface area (TPSA) is 117 Å². The number of nitrogens with zero attached hydrogens (tertiary/aromatic N) is 1. The van der Waals surface area contributed by atoms with Crippen molar-refractivity contribution in [3.63, 3.8) is 0 Å². The average molecular weight is 477 g/mol. The van der Waals surface area contributed by atoms with Gasteiger partial charge in [0.2, 0.25) is 0 Å². The number of hydroxylamine groups is 2. The maximum absolute atomic E-state index is 11.7. The van der Waals surface area contributed by atoms with Gasteiger partial charge in [-0.15, -0.1) is 5.06 Å². The summed E-state index contributed by atoms with van der Waals surface area (Å²) in [6, 6.07) is 0.561. The van der Waals surface area contributed by atoms with Crippen molar-refractivity contribution in [2.75, 3.05) is 30.3 Å². The van der Waals surface area contributed by atoms with Gasteiger partial charge in [-0.05, 0) is 19.4 Å². The number of urea groups is 1. The minimum Gasteiger partial charge on any atom is -0.332 e. The molecule has 168 valence electrons. The molecule has 3 heterocycles. The van der Waals surface area contributed by atoms with Gasteiger partial charge in [0.1, 0.15) is 0 Å². The fourth-order valence-electron chi connectivity index (χ4n) is 3.53. The van der Waals surface area contributed by atoms with E-state index in [2.05, 4.69) is 16.0 Å². The Morgan fingerprint density at radius 3 is 2.67 bits per heavy atom. The first-order valence-electron chi connectivity index (χ1n) is 10.2. The number of imide groups is 1. The molecule has 30 heavy (non-hydrogen) atoms. The summed E-state index contributed by atoms with van der Waals surface area (Å²) in [5.74, 6) is 1.07. The molecule has 4 amide bonds. The van der Waals surface area contributed by atoms with E-state index >= 15 is 0 Å². The molecular formula is C18H28N4O5S3. The van der Waals surface area contributed by atoms with Crippen molar-refractivity contribution in [2.24, 2.45) is 0 Å². The molecule has 0 saturated carbocycles. The van der Waals surface area contributed by atoms with Crippen LogP contribution in [0.5, 0.6) is 0 Å². The lowest BCUT2D eigenvalue weighted by atomic mass is 10.0. The maximum Gasteiger partial charge on any atom is 0.334 e. The van der Waals surface area contributed by atoms with Crippen LogP contribution < -0.4 is 16.0 Å². The Hall–Kier alpha value is -1.11. The predicted molar refractivity (Wildman–Crippen MR) is 119 cm³/mol. The molecular weight excluding hydrogens is 448 g/mol. The first-order valence-corrected chi connectivity index (χ1v) is 13.8. The highest BCUT2D eigenvalue weighted by molar-refractivity contribution is 8.76. The molecule has 9 nitrogen and oxygen atoms in total. The smallest absolute Gasteiger partial charge is 0.332 e. The summed E-state index contributed by atoms with van der Waals surface area (Å²) in [5.41, 5.74) is 0. The Morgan fingerprint density at radius 1 is 1.10 bits per heavy atom. The Balaban J connectivity index is 1.10. The standard InChI is InChI=1S/C18H28N4O5S3/c23-14-4-5-15(24)22(14)27-16(25)6-9-29-30-10-8-19-7-2-1-3-13-17-12(11-28-13)20-18(26)21-17/h12-13,17,19H,1-11H2,(H2,20,21,26)/t12-,13?,17-/m0/s1. The van der Waals surface area contributed by atoms with Crippen LogP contribution >= 0.6 is 33.3 Å². The van der Waals surface area contributed by atoms with Gasteiger partial charge < -0.3 is 20.8 Å². The first kappa shape index (κ1) is 23.6. The van der Waals surface area contributed by atoms with E-state index in [1.165, 1.54) is 0 Å². The minimum absolute atomic E-state index is 0.0268. The number of unbranched alkanes of at least 4 members (excludes halogenated alkanes) is 1. The van der Waals surface area contributed by atoms with Gasteiger partial charge in [0, 0.05) is 41.9 Å². The Kier molecular flexibility index (Phi) is 9.47. The first-order chi connectivity index (χ1) is 14.5. The molecule has 0 aromatic heterocycles. The molecule has 12 heteroatoms. The van der Waals surface area contributed by atoms with Gasteiger partial charge in [-0.3, -0.25) is 9.59 Å². The quantitative estimate of drug-likeness (QED) is 0.156. The molecule has 3 fully saturated rings. The number of nitrogens with one attached hydrogen (secondary N) is 3. The second kappa shape index (κ2) is 12.1. The van der Waals surface area contributed by atoms with E-state index in [9.17, 15) is 19.2 Å². The SMILES string of the molecule is O=C1N[C@H]2CSC(CCCCNCCSSCCC(=O)ON3C(=O)CCC3=O)[C@H]2N1. The van der Waals surface area contributed by atoms with E-state index in [-0.39, 0.29) is 31.3 Å². The van der Waals surface area contributed by atoms with Crippen molar-refractivity contribution in [3.05, 3.63) is 0 Å². The summed E-state index contributed by atoms with van der Waals surface area (Å²) < 4.78 is 0. The molecule has 3 aliphatic heterocycles. The fourth-order valence-corrected chi connectivity index (χ4v) is 6.99. The lowest BCUT2D eigenvalue weighted by molar-refractivity contribution is -0.197. The van der Waals surface area contributed by atoms with Gasteiger partial charge in [0.05, 0.1) is 18.5 Å². The number of hydrogen-bond acceptors (Lipinski definition) is 9. The van der Waals surface area contributed by atoms with Gasteiger partial charge in [-0.2, -0.15) is 11.8 Å². The number of amides is 4. The monoisotopic (exact) mass is 476 g/mol. The number of hydrogen-bond donors (Lipinski definition) is 3. The highest BCUT2D eigenvalue weighted by atomic mass is 33.1. The van der Waals surface area contributed by atoms with E-state index in [4.69, 9.17) is 4.84 Å². The highest BCUT2D eigenvalue weighted by Crippen LogP contribution is 2.33. The van der Waals surface area contributed by atoms with Crippen LogP contribution in [0.1, 0.15) is 38.5 Å². The van der Waals surface area contributed by atoms with E-state index in [0.717, 1.165) is 43.9 Å². The molecule has 3 rings (SSSR count). The van der Waals surface area contributed by atoms with Crippen molar-refractivity contribution >= 4 is 57.2 Å². The van der Waals surface area contributed by atoms with E-state index in [0.29, 0.717) is 22.1 Å². The van der Waals surface area contributed by atoms with E-state index < -0.39 is 17.8 Å². The minimum atomic E-state index is -0.551. The molecule has 3 N–H and O–H groups in total. The lowest BCUT2D eigenvalue weighted by Crippen LogP contribution is -2.36. The second-order valence-electron chi connectivity index (χ2n) is 7.31. The van der Waals surface area contributed by atoms with E-state index in [1.54, 1.807) is 21.6 Å².